The summed E-state index contributed by atoms with van der Waals surface area (Å²) in [6, 6.07) is 2.23. The average Bonchev–Trinajstić information content (AvgIpc) is 2.81. The van der Waals surface area contributed by atoms with E-state index in [1.54, 1.807) is 0 Å². The van der Waals surface area contributed by atoms with Gasteiger partial charge in [-0.2, -0.15) is 0 Å². The van der Waals surface area contributed by atoms with Crippen molar-refractivity contribution < 1.29 is 13.5 Å². The van der Waals surface area contributed by atoms with Gasteiger partial charge in [0.25, 0.3) is 0 Å². The van der Waals surface area contributed by atoms with Crippen molar-refractivity contribution in [2.45, 2.75) is 18.9 Å². The first-order valence-corrected chi connectivity index (χ1v) is 7.10. The van der Waals surface area contributed by atoms with Gasteiger partial charge < -0.3 is 20.0 Å². The molecule has 0 aliphatic carbocycles. The normalized spacial score (nSPS) is 17.4. The van der Waals surface area contributed by atoms with Gasteiger partial charge in [-0.15, -0.1) is 0 Å². The van der Waals surface area contributed by atoms with Crippen molar-refractivity contribution in [1.29, 1.82) is 0 Å². The first-order valence-electron chi connectivity index (χ1n) is 6.69. The Morgan fingerprint density at radius 1 is 1.38 bits per heavy atom. The number of nitrogens with one attached hydrogen (secondary N) is 1. The van der Waals surface area contributed by atoms with Crippen LogP contribution in [0, 0.1) is 16.4 Å². The second kappa shape index (κ2) is 5.57. The second-order valence-electron chi connectivity index (χ2n) is 5.04. The van der Waals surface area contributed by atoms with E-state index in [2.05, 4.69) is 4.98 Å². The Balaban J connectivity index is 1.95. The SMILES string of the molecule is NCCc1c[nH]c(=S)n1[C@@H]1COc2cc(F)c(F)cc2C1. The molecule has 7 heteroatoms. The van der Waals surface area contributed by atoms with Crippen LogP contribution in [-0.4, -0.2) is 22.7 Å². The quantitative estimate of drug-likeness (QED) is 0.856. The van der Waals surface area contributed by atoms with Crippen molar-refractivity contribution >= 4 is 12.2 Å². The summed E-state index contributed by atoms with van der Waals surface area (Å²) in [6.07, 6.45) is 3.06. The predicted octanol–water partition coefficient (Wildman–Crippen LogP) is 2.50. The molecule has 0 radical (unpaired) electrons. The van der Waals surface area contributed by atoms with Crippen LogP contribution in [0.5, 0.6) is 5.75 Å². The van der Waals surface area contributed by atoms with Gasteiger partial charge in [-0.05, 0) is 30.4 Å². The summed E-state index contributed by atoms with van der Waals surface area (Å²) in [7, 11) is 0. The zero-order valence-electron chi connectivity index (χ0n) is 11.2. The molecule has 0 saturated carbocycles. The minimum absolute atomic E-state index is 0.0531. The Bertz CT molecular complexity index is 725. The number of nitrogens with zero attached hydrogens (tertiary/aromatic N) is 1. The Morgan fingerprint density at radius 3 is 2.90 bits per heavy atom. The molecule has 1 aliphatic rings. The number of aromatic nitrogens is 2. The highest BCUT2D eigenvalue weighted by atomic mass is 32.1. The second-order valence-corrected chi connectivity index (χ2v) is 5.42. The van der Waals surface area contributed by atoms with Crippen LogP contribution >= 0.6 is 12.2 Å². The van der Waals surface area contributed by atoms with Gasteiger partial charge in [-0.1, -0.05) is 0 Å². The standard InChI is InChI=1S/C14H15F2N3OS/c15-11-4-8-3-10(7-20-13(8)5-12(11)16)19-9(1-2-17)6-18-14(19)21/h4-6,10H,1-3,7,17H2,(H,18,21)/t10-/m0/s1. The van der Waals surface area contributed by atoms with E-state index in [1.807, 2.05) is 10.8 Å². The van der Waals surface area contributed by atoms with Gasteiger partial charge in [0.2, 0.25) is 0 Å². The van der Waals surface area contributed by atoms with E-state index in [9.17, 15) is 8.78 Å². The van der Waals surface area contributed by atoms with E-state index in [-0.39, 0.29) is 6.04 Å². The third kappa shape index (κ3) is 2.58. The van der Waals surface area contributed by atoms with E-state index in [4.69, 9.17) is 22.7 Å². The van der Waals surface area contributed by atoms with Crippen molar-refractivity contribution in [2.75, 3.05) is 13.2 Å². The summed E-state index contributed by atoms with van der Waals surface area (Å²) in [4.78, 5) is 3.00. The van der Waals surface area contributed by atoms with Gasteiger partial charge in [-0.3, -0.25) is 0 Å². The lowest BCUT2D eigenvalue weighted by molar-refractivity contribution is 0.218. The number of nitrogens with two attached hydrogens (primary N) is 1. The summed E-state index contributed by atoms with van der Waals surface area (Å²) in [5.41, 5.74) is 7.23. The van der Waals surface area contributed by atoms with Crippen molar-refractivity contribution in [2.24, 2.45) is 5.73 Å². The fourth-order valence-corrected chi connectivity index (χ4v) is 3.01. The number of imidazole rings is 1. The molecule has 2 aromatic rings. The molecule has 0 saturated heterocycles. The van der Waals surface area contributed by atoms with Gasteiger partial charge in [0.05, 0.1) is 6.04 Å². The van der Waals surface area contributed by atoms with Crippen LogP contribution in [0.25, 0.3) is 0 Å². The molecule has 3 rings (SSSR count). The number of fused-ring (bicyclic) bond motifs is 1. The third-order valence-corrected chi connectivity index (χ3v) is 3.96. The van der Waals surface area contributed by atoms with Crippen LogP contribution in [0.2, 0.25) is 0 Å². The topological polar surface area (TPSA) is 56.0 Å². The molecular weight excluding hydrogens is 296 g/mol. The van der Waals surface area contributed by atoms with Gasteiger partial charge in [0, 0.05) is 30.8 Å². The molecule has 0 fully saturated rings. The molecule has 0 amide bonds. The number of rotatable bonds is 3. The summed E-state index contributed by atoms with van der Waals surface area (Å²) < 4.78 is 34.7. The van der Waals surface area contributed by atoms with E-state index < -0.39 is 11.6 Å². The van der Waals surface area contributed by atoms with Crippen LogP contribution in [-0.2, 0) is 12.8 Å². The molecule has 1 aromatic heterocycles. The number of aromatic amines is 1. The van der Waals surface area contributed by atoms with Crippen molar-refractivity contribution in [3.63, 3.8) is 0 Å². The number of benzene rings is 1. The zero-order chi connectivity index (χ0) is 15.0. The van der Waals surface area contributed by atoms with Crippen LogP contribution in [0.1, 0.15) is 17.3 Å². The Kier molecular flexibility index (Phi) is 3.77. The molecule has 2 heterocycles. The molecule has 4 nitrogen and oxygen atoms in total. The Hall–Kier alpha value is -1.73. The van der Waals surface area contributed by atoms with Crippen LogP contribution in [0.4, 0.5) is 8.78 Å². The van der Waals surface area contributed by atoms with Crippen LogP contribution < -0.4 is 10.5 Å². The van der Waals surface area contributed by atoms with Gasteiger partial charge in [-0.25, -0.2) is 8.78 Å². The maximum Gasteiger partial charge on any atom is 0.177 e. The molecule has 1 aromatic carbocycles. The molecular formula is C14H15F2N3OS. The number of H-pyrrole nitrogens is 1. The smallest absolute Gasteiger partial charge is 0.177 e. The van der Waals surface area contributed by atoms with Crippen molar-refractivity contribution in [1.82, 2.24) is 9.55 Å². The maximum absolute atomic E-state index is 13.4. The minimum atomic E-state index is -0.894. The maximum atomic E-state index is 13.4. The zero-order valence-corrected chi connectivity index (χ0v) is 12.1. The highest BCUT2D eigenvalue weighted by molar-refractivity contribution is 7.71. The lowest BCUT2D eigenvalue weighted by atomic mass is 10.0. The van der Waals surface area contributed by atoms with Gasteiger partial charge in [0.15, 0.2) is 16.4 Å². The molecule has 0 unspecified atom stereocenters. The summed E-state index contributed by atoms with van der Waals surface area (Å²) in [5.74, 6) is -1.36. The van der Waals surface area contributed by atoms with Crippen LogP contribution in [0.15, 0.2) is 18.3 Å². The van der Waals surface area contributed by atoms with E-state index in [0.29, 0.717) is 42.1 Å². The summed E-state index contributed by atoms with van der Waals surface area (Å²) >= 11 is 5.29. The lowest BCUT2D eigenvalue weighted by Crippen LogP contribution is -2.26. The lowest BCUT2D eigenvalue weighted by Gasteiger charge is -2.27. The van der Waals surface area contributed by atoms with E-state index >= 15 is 0 Å². The fraction of sp³-hybridized carbons (Fsp3) is 0.357. The molecule has 0 spiro atoms. The van der Waals surface area contributed by atoms with E-state index in [1.165, 1.54) is 6.07 Å². The largest absolute Gasteiger partial charge is 0.491 e. The van der Waals surface area contributed by atoms with Crippen molar-refractivity contribution in [3.8, 4) is 5.75 Å². The number of hydrogen-bond acceptors (Lipinski definition) is 3. The van der Waals surface area contributed by atoms with Gasteiger partial charge >= 0.3 is 0 Å². The Morgan fingerprint density at radius 2 is 2.14 bits per heavy atom. The summed E-state index contributed by atoms with van der Waals surface area (Å²) in [6.45, 7) is 0.873. The first kappa shape index (κ1) is 14.2. The first-order chi connectivity index (χ1) is 10.1. The van der Waals surface area contributed by atoms with Crippen LogP contribution in [0.3, 0.4) is 0 Å². The van der Waals surface area contributed by atoms with Crippen molar-refractivity contribution in [3.05, 3.63) is 46.0 Å². The summed E-state index contributed by atoms with van der Waals surface area (Å²) in [5, 5.41) is 0. The number of hydrogen-bond donors (Lipinski definition) is 2. The molecule has 112 valence electrons. The molecule has 0 bridgehead atoms. The monoisotopic (exact) mass is 311 g/mol. The molecule has 1 atom stereocenters. The number of ether oxygens (including phenoxy) is 1. The predicted molar refractivity (Wildman–Crippen MR) is 77.0 cm³/mol. The van der Waals surface area contributed by atoms with Gasteiger partial charge in [0.1, 0.15) is 12.4 Å². The fourth-order valence-electron chi connectivity index (χ4n) is 2.68. The molecule has 3 N–H and O–H groups in total. The molecule has 1 aliphatic heterocycles. The minimum Gasteiger partial charge on any atom is -0.491 e. The Labute approximate surface area is 125 Å². The van der Waals surface area contributed by atoms with E-state index in [0.717, 1.165) is 11.8 Å². The highest BCUT2D eigenvalue weighted by Gasteiger charge is 2.25. The highest BCUT2D eigenvalue weighted by Crippen LogP contribution is 2.32. The average molecular weight is 311 g/mol. The molecule has 21 heavy (non-hydrogen) atoms. The third-order valence-electron chi connectivity index (χ3n) is 3.65. The number of halogens is 2.